The van der Waals surface area contributed by atoms with Gasteiger partial charge in [-0.2, -0.15) is 0 Å². The molecule has 0 aliphatic heterocycles. The van der Waals surface area contributed by atoms with Crippen LogP contribution in [-0.4, -0.2) is 15.0 Å². The molecule has 0 aliphatic carbocycles. The highest BCUT2D eigenvalue weighted by atomic mass is 32.1. The van der Waals surface area contributed by atoms with E-state index < -0.39 is 0 Å². The van der Waals surface area contributed by atoms with Crippen molar-refractivity contribution in [1.29, 1.82) is 0 Å². The van der Waals surface area contributed by atoms with Gasteiger partial charge in [0.15, 0.2) is 17.5 Å². The molecule has 200 valence electrons. The summed E-state index contributed by atoms with van der Waals surface area (Å²) in [5, 5.41) is 8.01. The van der Waals surface area contributed by atoms with Gasteiger partial charge in [0.2, 0.25) is 0 Å². The summed E-state index contributed by atoms with van der Waals surface area (Å²) in [6.45, 7) is 0. The predicted octanol–water partition coefficient (Wildman–Crippen LogP) is 11.4. The Labute approximate surface area is 257 Å². The number of aromatic nitrogens is 3. The molecule has 43 heavy (non-hydrogen) atoms. The molecule has 4 heterocycles. The third-order valence-electron chi connectivity index (χ3n) is 8.30. The summed E-state index contributed by atoms with van der Waals surface area (Å²) in [4.78, 5) is 15.2. The zero-order valence-electron chi connectivity index (χ0n) is 22.5. The van der Waals surface area contributed by atoms with E-state index in [4.69, 9.17) is 15.0 Å². The third-order valence-corrected chi connectivity index (χ3v) is 11.8. The Kier molecular flexibility index (Phi) is 4.91. The molecule has 4 aromatic heterocycles. The van der Waals surface area contributed by atoms with Gasteiger partial charge in [-0.25, -0.2) is 15.0 Å². The molecule has 0 spiro atoms. The van der Waals surface area contributed by atoms with Gasteiger partial charge in [0, 0.05) is 66.4 Å². The molecule has 0 unspecified atom stereocenters. The van der Waals surface area contributed by atoms with Gasteiger partial charge in [0.05, 0.1) is 0 Å². The minimum absolute atomic E-state index is 0.680. The lowest BCUT2D eigenvalue weighted by atomic mass is 10.0. The van der Waals surface area contributed by atoms with Crippen molar-refractivity contribution >= 4 is 94.5 Å². The molecule has 0 saturated carbocycles. The van der Waals surface area contributed by atoms with Crippen LogP contribution in [0.1, 0.15) is 0 Å². The van der Waals surface area contributed by atoms with Crippen molar-refractivity contribution in [3.05, 3.63) is 115 Å². The second-order valence-corrected chi connectivity index (χ2v) is 14.0. The Morgan fingerprint density at radius 3 is 1.63 bits per heavy atom. The maximum absolute atomic E-state index is 5.14. The van der Waals surface area contributed by atoms with Crippen molar-refractivity contribution in [3.8, 4) is 34.2 Å². The van der Waals surface area contributed by atoms with E-state index in [0.717, 1.165) is 16.7 Å². The van der Waals surface area contributed by atoms with Crippen LogP contribution in [0.3, 0.4) is 0 Å². The number of thiophene rings is 2. The van der Waals surface area contributed by atoms with Crippen molar-refractivity contribution in [3.63, 3.8) is 0 Å². The van der Waals surface area contributed by atoms with Crippen LogP contribution in [0.25, 0.3) is 94.7 Å². The van der Waals surface area contributed by atoms with Crippen molar-refractivity contribution < 1.29 is 0 Å². The third kappa shape index (κ3) is 3.42. The molecule has 0 N–H and O–H groups in total. The number of rotatable bonds is 3. The number of benzene rings is 6. The number of nitrogens with zero attached hydrogens (tertiary/aromatic N) is 3. The van der Waals surface area contributed by atoms with Crippen molar-refractivity contribution in [2.75, 3.05) is 0 Å². The predicted molar refractivity (Wildman–Crippen MR) is 186 cm³/mol. The highest BCUT2D eigenvalue weighted by molar-refractivity contribution is 7.32. The molecular weight excluding hydrogens is 583 g/mol. The highest BCUT2D eigenvalue weighted by Gasteiger charge is 2.23. The maximum atomic E-state index is 5.14. The minimum atomic E-state index is 0.680. The van der Waals surface area contributed by atoms with Crippen molar-refractivity contribution in [1.82, 2.24) is 15.0 Å². The van der Waals surface area contributed by atoms with Crippen molar-refractivity contribution in [2.45, 2.75) is 0 Å². The molecule has 0 saturated heterocycles. The SMILES string of the molecule is c1ccc(-c2nc(-c3ccccc3)nc(-c3ccc4sc5ccc6sc7cc8ccccc8c8sc3c4c5c6c78)n2)cc1. The monoisotopic (exact) mass is 601 g/mol. The number of hydrogen-bond acceptors (Lipinski definition) is 6. The fourth-order valence-electron chi connectivity index (χ4n) is 6.38. The summed E-state index contributed by atoms with van der Waals surface area (Å²) >= 11 is 5.66. The molecule has 6 aromatic carbocycles. The van der Waals surface area contributed by atoms with E-state index in [0.29, 0.717) is 17.5 Å². The van der Waals surface area contributed by atoms with Crippen LogP contribution in [0, 0.1) is 0 Å². The van der Waals surface area contributed by atoms with E-state index in [2.05, 4.69) is 78.9 Å². The van der Waals surface area contributed by atoms with Gasteiger partial charge < -0.3 is 0 Å². The summed E-state index contributed by atoms with van der Waals surface area (Å²) in [6, 6.07) is 40.7. The molecule has 0 bridgehead atoms. The average molecular weight is 602 g/mol. The second-order valence-electron chi connectivity index (χ2n) is 10.8. The summed E-state index contributed by atoms with van der Waals surface area (Å²) in [5.41, 5.74) is 2.99. The van der Waals surface area contributed by atoms with Gasteiger partial charge in [-0.3, -0.25) is 0 Å². The Hall–Kier alpha value is -4.75. The average Bonchev–Trinajstić information content (AvgIpc) is 3.58. The fraction of sp³-hybridized carbons (Fsp3) is 0. The van der Waals surface area contributed by atoms with Crippen LogP contribution in [-0.2, 0) is 0 Å². The molecule has 3 nitrogen and oxygen atoms in total. The second kappa shape index (κ2) is 8.88. The lowest BCUT2D eigenvalue weighted by Gasteiger charge is -2.10. The van der Waals surface area contributed by atoms with Crippen LogP contribution in [0.2, 0.25) is 0 Å². The molecule has 0 fully saturated rings. The van der Waals surface area contributed by atoms with Crippen LogP contribution < -0.4 is 0 Å². The lowest BCUT2D eigenvalue weighted by molar-refractivity contribution is 1.08. The summed E-state index contributed by atoms with van der Waals surface area (Å²) in [6.07, 6.45) is 0. The smallest absolute Gasteiger partial charge is 0.165 e. The first-order valence-corrected chi connectivity index (χ1v) is 16.6. The summed E-state index contributed by atoms with van der Waals surface area (Å²) < 4.78 is 7.85. The van der Waals surface area contributed by atoms with Gasteiger partial charge in [0.1, 0.15) is 0 Å². The van der Waals surface area contributed by atoms with E-state index in [-0.39, 0.29) is 0 Å². The first-order chi connectivity index (χ1) is 21.3. The summed E-state index contributed by atoms with van der Waals surface area (Å²) in [5.74, 6) is 2.06. The molecule has 10 aromatic rings. The number of hydrogen-bond donors (Lipinski definition) is 0. The molecular formula is C37H19N3S3. The fourth-order valence-corrected chi connectivity index (χ4v) is 10.2. The molecule has 6 heteroatoms. The van der Waals surface area contributed by atoms with E-state index in [1.807, 2.05) is 70.4 Å². The normalized spacial score (nSPS) is 12.2. The first kappa shape index (κ1) is 23.8. The maximum Gasteiger partial charge on any atom is 0.165 e. The quantitative estimate of drug-likeness (QED) is 0.202. The Morgan fingerprint density at radius 2 is 0.930 bits per heavy atom. The van der Waals surface area contributed by atoms with Gasteiger partial charge in [0.25, 0.3) is 0 Å². The molecule has 0 aliphatic rings. The zero-order valence-corrected chi connectivity index (χ0v) is 25.0. The van der Waals surface area contributed by atoms with Crippen LogP contribution in [0.15, 0.2) is 115 Å². The standard InChI is InChI=1S/C37H19N3S3/c1-3-9-20(10-4-1)35-38-36(21-11-5-2-6-12-21)40-37(39-35)24-15-16-27-31-29-25(41-27)17-18-26-30(29)32-28(42-26)19-22-13-7-8-14-23(22)33(32)43-34(24)31/h1-19H. The van der Waals surface area contributed by atoms with Crippen LogP contribution >= 0.6 is 34.0 Å². The van der Waals surface area contributed by atoms with Crippen LogP contribution in [0.4, 0.5) is 0 Å². The largest absolute Gasteiger partial charge is 0.208 e. The van der Waals surface area contributed by atoms with E-state index in [1.54, 1.807) is 0 Å². The van der Waals surface area contributed by atoms with Crippen molar-refractivity contribution in [2.24, 2.45) is 0 Å². The number of fused-ring (bicyclic) bond motifs is 2. The van der Waals surface area contributed by atoms with Gasteiger partial charge in [-0.05, 0) is 41.1 Å². The Bertz CT molecular complexity index is 2610. The lowest BCUT2D eigenvalue weighted by Crippen LogP contribution is -2.00. The topological polar surface area (TPSA) is 38.7 Å². The van der Waals surface area contributed by atoms with E-state index >= 15 is 0 Å². The van der Waals surface area contributed by atoms with Crippen LogP contribution in [0.5, 0.6) is 0 Å². The molecule has 0 radical (unpaired) electrons. The zero-order chi connectivity index (χ0) is 28.1. The first-order valence-electron chi connectivity index (χ1n) is 14.1. The Morgan fingerprint density at radius 1 is 0.395 bits per heavy atom. The van der Waals surface area contributed by atoms with Gasteiger partial charge in [-0.1, -0.05) is 84.9 Å². The molecule has 0 atom stereocenters. The van der Waals surface area contributed by atoms with E-state index in [9.17, 15) is 0 Å². The molecule has 0 amide bonds. The summed E-state index contributed by atoms with van der Waals surface area (Å²) in [7, 11) is 0. The Balaban J connectivity index is 1.39. The molecule has 10 rings (SSSR count). The van der Waals surface area contributed by atoms with E-state index in [1.165, 1.54) is 60.5 Å². The highest BCUT2D eigenvalue weighted by Crippen LogP contribution is 2.52. The minimum Gasteiger partial charge on any atom is -0.208 e. The van der Waals surface area contributed by atoms with Gasteiger partial charge in [-0.15, -0.1) is 34.0 Å². The van der Waals surface area contributed by atoms with Gasteiger partial charge >= 0.3 is 0 Å².